The molecule has 0 aliphatic heterocycles. The molecule has 1 aromatic heterocycles. The number of hydrogen-bond acceptors (Lipinski definition) is 4. The van der Waals surface area contributed by atoms with E-state index < -0.39 is 6.10 Å². The molecule has 0 radical (unpaired) electrons. The minimum absolute atomic E-state index is 0.526. The lowest BCUT2D eigenvalue weighted by atomic mass is 10.1. The number of anilines is 1. The van der Waals surface area contributed by atoms with Gasteiger partial charge >= 0.3 is 0 Å². The van der Waals surface area contributed by atoms with Crippen molar-refractivity contribution in [3.05, 3.63) is 42.1 Å². The molecule has 4 nitrogen and oxygen atoms in total. The fourth-order valence-electron chi connectivity index (χ4n) is 1.92. The number of aromatic nitrogens is 2. The zero-order chi connectivity index (χ0) is 13.8. The molecule has 1 aromatic carbocycles. The third kappa shape index (κ3) is 2.90. The normalized spacial score (nSPS) is 12.2. The molecule has 0 spiro atoms. The van der Waals surface area contributed by atoms with Gasteiger partial charge in [-0.2, -0.15) is 0 Å². The molecule has 0 aliphatic rings. The first-order valence-electron chi connectivity index (χ1n) is 6.41. The van der Waals surface area contributed by atoms with E-state index in [4.69, 9.17) is 0 Å². The predicted molar refractivity (Wildman–Crippen MR) is 77.0 cm³/mol. The Morgan fingerprint density at radius 1 is 1.21 bits per heavy atom. The standard InChI is InChI=1S/C15H19N3O/c1-4-13(19)12-10-16-14(17-15(12)18(2)3)11-8-6-5-7-9-11/h5-10,13,19H,4H2,1-3H3/t13-/m1/s1. The van der Waals surface area contributed by atoms with Crippen LogP contribution in [0.25, 0.3) is 11.4 Å². The van der Waals surface area contributed by atoms with Crippen molar-refractivity contribution in [1.29, 1.82) is 0 Å². The quantitative estimate of drug-likeness (QED) is 0.914. The molecular formula is C15H19N3O. The summed E-state index contributed by atoms with van der Waals surface area (Å²) in [6.45, 7) is 1.94. The van der Waals surface area contributed by atoms with Gasteiger partial charge < -0.3 is 10.0 Å². The SMILES string of the molecule is CC[C@@H](O)c1cnc(-c2ccccc2)nc1N(C)C. The Morgan fingerprint density at radius 2 is 1.89 bits per heavy atom. The second-order valence-corrected chi connectivity index (χ2v) is 4.66. The third-order valence-corrected chi connectivity index (χ3v) is 3.00. The Hall–Kier alpha value is -1.94. The van der Waals surface area contributed by atoms with Crippen LogP contribution in [-0.4, -0.2) is 29.2 Å². The number of aliphatic hydroxyl groups excluding tert-OH is 1. The van der Waals surface area contributed by atoms with Crippen LogP contribution in [0.2, 0.25) is 0 Å². The summed E-state index contributed by atoms with van der Waals surface area (Å²) in [4.78, 5) is 10.8. The van der Waals surface area contributed by atoms with Crippen LogP contribution in [0.3, 0.4) is 0 Å². The maximum Gasteiger partial charge on any atom is 0.161 e. The molecule has 2 aromatic rings. The van der Waals surface area contributed by atoms with Crippen molar-refractivity contribution < 1.29 is 5.11 Å². The number of hydrogen-bond donors (Lipinski definition) is 1. The monoisotopic (exact) mass is 257 g/mol. The van der Waals surface area contributed by atoms with Crippen LogP contribution < -0.4 is 4.90 Å². The average Bonchev–Trinajstić information content (AvgIpc) is 2.46. The fourth-order valence-corrected chi connectivity index (χ4v) is 1.92. The molecule has 4 heteroatoms. The summed E-state index contributed by atoms with van der Waals surface area (Å²) in [6.07, 6.45) is 1.84. The van der Waals surface area contributed by atoms with Gasteiger partial charge in [0.15, 0.2) is 5.82 Å². The lowest BCUT2D eigenvalue weighted by Crippen LogP contribution is -2.16. The third-order valence-electron chi connectivity index (χ3n) is 3.00. The van der Waals surface area contributed by atoms with Crippen molar-refractivity contribution in [3.8, 4) is 11.4 Å². The lowest BCUT2D eigenvalue weighted by molar-refractivity contribution is 0.173. The Bertz CT molecular complexity index is 540. The topological polar surface area (TPSA) is 49.3 Å². The molecule has 1 N–H and O–H groups in total. The summed E-state index contributed by atoms with van der Waals surface area (Å²) in [5, 5.41) is 10.0. The van der Waals surface area contributed by atoms with Gasteiger partial charge in [-0.3, -0.25) is 0 Å². The highest BCUT2D eigenvalue weighted by Gasteiger charge is 2.15. The molecule has 0 amide bonds. The summed E-state index contributed by atoms with van der Waals surface area (Å²) < 4.78 is 0. The second kappa shape index (κ2) is 5.80. The van der Waals surface area contributed by atoms with Gasteiger partial charge in [-0.15, -0.1) is 0 Å². The molecule has 19 heavy (non-hydrogen) atoms. The van der Waals surface area contributed by atoms with Gasteiger partial charge in [0, 0.05) is 31.4 Å². The van der Waals surface area contributed by atoms with E-state index in [9.17, 15) is 5.11 Å². The highest BCUT2D eigenvalue weighted by atomic mass is 16.3. The first kappa shape index (κ1) is 13.5. The second-order valence-electron chi connectivity index (χ2n) is 4.66. The number of aliphatic hydroxyl groups is 1. The first-order valence-corrected chi connectivity index (χ1v) is 6.41. The van der Waals surface area contributed by atoms with Crippen LogP contribution in [0, 0.1) is 0 Å². The van der Waals surface area contributed by atoms with Gasteiger partial charge in [-0.05, 0) is 6.42 Å². The van der Waals surface area contributed by atoms with Crippen molar-refractivity contribution in [1.82, 2.24) is 9.97 Å². The minimum atomic E-state index is -0.526. The van der Waals surface area contributed by atoms with Gasteiger partial charge in [0.2, 0.25) is 0 Å². The summed E-state index contributed by atoms with van der Waals surface area (Å²) in [5.41, 5.74) is 1.75. The number of benzene rings is 1. The molecule has 0 saturated heterocycles. The van der Waals surface area contributed by atoms with E-state index in [2.05, 4.69) is 9.97 Å². The summed E-state index contributed by atoms with van der Waals surface area (Å²) in [6, 6.07) is 9.84. The van der Waals surface area contributed by atoms with Gasteiger partial charge in [-0.1, -0.05) is 37.3 Å². The van der Waals surface area contributed by atoms with E-state index in [0.717, 1.165) is 16.9 Å². The highest BCUT2D eigenvalue weighted by Crippen LogP contribution is 2.27. The zero-order valence-electron chi connectivity index (χ0n) is 11.5. The van der Waals surface area contributed by atoms with Crippen LogP contribution in [0.1, 0.15) is 25.0 Å². The van der Waals surface area contributed by atoms with Gasteiger partial charge in [0.25, 0.3) is 0 Å². The lowest BCUT2D eigenvalue weighted by Gasteiger charge is -2.19. The van der Waals surface area contributed by atoms with Crippen molar-refractivity contribution in [2.24, 2.45) is 0 Å². The summed E-state index contributed by atoms with van der Waals surface area (Å²) in [5.74, 6) is 1.44. The van der Waals surface area contributed by atoms with Crippen molar-refractivity contribution in [2.75, 3.05) is 19.0 Å². The maximum atomic E-state index is 10.0. The van der Waals surface area contributed by atoms with E-state index in [1.54, 1.807) is 6.20 Å². The molecule has 2 rings (SSSR count). The fraction of sp³-hybridized carbons (Fsp3) is 0.333. The molecule has 0 aliphatic carbocycles. The largest absolute Gasteiger partial charge is 0.388 e. The van der Waals surface area contributed by atoms with Crippen molar-refractivity contribution >= 4 is 5.82 Å². The molecule has 100 valence electrons. The molecule has 0 fully saturated rings. The van der Waals surface area contributed by atoms with E-state index in [-0.39, 0.29) is 0 Å². The van der Waals surface area contributed by atoms with Crippen LogP contribution in [0.15, 0.2) is 36.5 Å². The van der Waals surface area contributed by atoms with E-state index in [1.807, 2.05) is 56.3 Å². The Kier molecular flexibility index (Phi) is 4.12. The van der Waals surface area contributed by atoms with Crippen molar-refractivity contribution in [2.45, 2.75) is 19.4 Å². The zero-order valence-corrected chi connectivity index (χ0v) is 11.5. The van der Waals surface area contributed by atoms with E-state index in [1.165, 1.54) is 0 Å². The molecular weight excluding hydrogens is 238 g/mol. The van der Waals surface area contributed by atoms with Gasteiger partial charge in [0.05, 0.1) is 6.10 Å². The van der Waals surface area contributed by atoms with Crippen LogP contribution in [-0.2, 0) is 0 Å². The molecule has 0 unspecified atom stereocenters. The number of nitrogens with zero attached hydrogens (tertiary/aromatic N) is 3. The van der Waals surface area contributed by atoms with Crippen LogP contribution in [0.5, 0.6) is 0 Å². The van der Waals surface area contributed by atoms with E-state index in [0.29, 0.717) is 12.2 Å². The van der Waals surface area contributed by atoms with Crippen LogP contribution >= 0.6 is 0 Å². The van der Waals surface area contributed by atoms with E-state index >= 15 is 0 Å². The first-order chi connectivity index (χ1) is 9.13. The maximum absolute atomic E-state index is 10.0. The Morgan fingerprint density at radius 3 is 2.47 bits per heavy atom. The molecule has 1 atom stereocenters. The highest BCUT2D eigenvalue weighted by molar-refractivity contribution is 5.59. The summed E-state index contributed by atoms with van der Waals surface area (Å²) in [7, 11) is 3.84. The number of rotatable bonds is 4. The van der Waals surface area contributed by atoms with Gasteiger partial charge in [0.1, 0.15) is 5.82 Å². The van der Waals surface area contributed by atoms with Crippen molar-refractivity contribution in [3.63, 3.8) is 0 Å². The predicted octanol–water partition coefficient (Wildman–Crippen LogP) is 2.65. The average molecular weight is 257 g/mol. The molecule has 1 heterocycles. The Balaban J connectivity index is 2.48. The molecule has 0 bridgehead atoms. The van der Waals surface area contributed by atoms with Crippen LogP contribution in [0.4, 0.5) is 5.82 Å². The van der Waals surface area contributed by atoms with Gasteiger partial charge in [-0.25, -0.2) is 9.97 Å². The Labute approximate surface area is 113 Å². The minimum Gasteiger partial charge on any atom is -0.388 e. The summed E-state index contributed by atoms with van der Waals surface area (Å²) >= 11 is 0. The smallest absolute Gasteiger partial charge is 0.161 e. The molecule has 0 saturated carbocycles.